The second-order valence-corrected chi connectivity index (χ2v) is 8.15. The number of rotatable bonds is 9. The van der Waals surface area contributed by atoms with Gasteiger partial charge in [-0.2, -0.15) is 0 Å². The smallest absolute Gasteiger partial charge is 0.254 e. The zero-order valence-corrected chi connectivity index (χ0v) is 19.1. The zero-order chi connectivity index (χ0) is 23.1. The molecule has 0 aliphatic rings. The number of nitrogens with zero attached hydrogens (tertiary/aromatic N) is 2. The first-order chi connectivity index (χ1) is 14.6. The van der Waals surface area contributed by atoms with Crippen LogP contribution in [0, 0.1) is 11.7 Å². The number of carbonyl (C=O) groups is 2. The molecule has 0 heterocycles. The van der Waals surface area contributed by atoms with Gasteiger partial charge in [0.05, 0.1) is 0 Å². The van der Waals surface area contributed by atoms with Crippen LogP contribution in [0.1, 0.15) is 36.7 Å². The summed E-state index contributed by atoms with van der Waals surface area (Å²) in [5, 5.41) is 2.81. The van der Waals surface area contributed by atoms with E-state index in [9.17, 15) is 14.0 Å². The fourth-order valence-electron chi connectivity index (χ4n) is 3.29. The van der Waals surface area contributed by atoms with Gasteiger partial charge in [-0.1, -0.05) is 19.9 Å². The maximum absolute atomic E-state index is 13.8. The summed E-state index contributed by atoms with van der Waals surface area (Å²) in [6.45, 7) is 6.35. The Hall–Kier alpha value is -2.93. The molecule has 0 aliphatic carbocycles. The van der Waals surface area contributed by atoms with Gasteiger partial charge >= 0.3 is 0 Å². The molecular weight excluding hydrogens is 397 g/mol. The number of halogens is 1. The number of hydrogen-bond donors (Lipinski definition) is 1. The van der Waals surface area contributed by atoms with Crippen LogP contribution in [0.15, 0.2) is 42.5 Å². The number of carbonyl (C=O) groups excluding carboxylic acids is 2. The predicted molar refractivity (Wildman–Crippen MR) is 122 cm³/mol. The van der Waals surface area contributed by atoms with Crippen molar-refractivity contribution in [1.82, 2.24) is 4.90 Å². The number of nitrogens with one attached hydrogen (secondary N) is 1. The van der Waals surface area contributed by atoms with Gasteiger partial charge in [0.1, 0.15) is 12.4 Å². The number of methoxy groups -OCH3 is 1. The standard InChI is InChI=1S/C24H32FN3O3/c1-16(2)17(3)28(24(30)18-8-7-9-20(25)12-18)14-19-13-21(26-23(29)15-31-6)10-11-22(19)27(4)5/h7-13,16-17H,14-15H2,1-6H3,(H,26,29). The highest BCUT2D eigenvalue weighted by atomic mass is 19.1. The molecule has 0 aliphatic heterocycles. The normalized spacial score (nSPS) is 11.9. The van der Waals surface area contributed by atoms with E-state index >= 15 is 0 Å². The quantitative estimate of drug-likeness (QED) is 0.650. The van der Waals surface area contributed by atoms with Crippen molar-refractivity contribution in [2.24, 2.45) is 5.92 Å². The van der Waals surface area contributed by atoms with E-state index in [1.54, 1.807) is 11.0 Å². The summed E-state index contributed by atoms with van der Waals surface area (Å²) in [5.74, 6) is -0.738. The first-order valence-corrected chi connectivity index (χ1v) is 10.3. The van der Waals surface area contributed by atoms with Crippen LogP contribution in [0.4, 0.5) is 15.8 Å². The van der Waals surface area contributed by atoms with E-state index in [2.05, 4.69) is 5.32 Å². The lowest BCUT2D eigenvalue weighted by Gasteiger charge is -2.33. The topological polar surface area (TPSA) is 61.9 Å². The van der Waals surface area contributed by atoms with Crippen molar-refractivity contribution in [3.8, 4) is 0 Å². The van der Waals surface area contributed by atoms with Gasteiger partial charge in [-0.25, -0.2) is 4.39 Å². The maximum Gasteiger partial charge on any atom is 0.254 e. The number of anilines is 2. The van der Waals surface area contributed by atoms with Gasteiger partial charge in [0, 0.05) is 50.7 Å². The molecule has 0 bridgehead atoms. The van der Waals surface area contributed by atoms with E-state index in [1.165, 1.54) is 25.3 Å². The lowest BCUT2D eigenvalue weighted by Crippen LogP contribution is -2.41. The summed E-state index contributed by atoms with van der Waals surface area (Å²) < 4.78 is 18.6. The highest BCUT2D eigenvalue weighted by Gasteiger charge is 2.25. The highest BCUT2D eigenvalue weighted by molar-refractivity contribution is 5.95. The zero-order valence-electron chi connectivity index (χ0n) is 19.1. The highest BCUT2D eigenvalue weighted by Crippen LogP contribution is 2.27. The van der Waals surface area contributed by atoms with Crippen molar-refractivity contribution >= 4 is 23.2 Å². The maximum atomic E-state index is 13.8. The van der Waals surface area contributed by atoms with Crippen LogP contribution in [0.2, 0.25) is 0 Å². The van der Waals surface area contributed by atoms with Gasteiger partial charge in [-0.15, -0.1) is 0 Å². The van der Waals surface area contributed by atoms with Crippen molar-refractivity contribution in [2.75, 3.05) is 38.0 Å². The van der Waals surface area contributed by atoms with Crippen LogP contribution in [0.5, 0.6) is 0 Å². The van der Waals surface area contributed by atoms with E-state index in [4.69, 9.17) is 4.74 Å². The van der Waals surface area contributed by atoms with Crippen LogP contribution >= 0.6 is 0 Å². The Morgan fingerprint density at radius 1 is 1.10 bits per heavy atom. The average Bonchev–Trinajstić information content (AvgIpc) is 2.71. The molecule has 168 valence electrons. The summed E-state index contributed by atoms with van der Waals surface area (Å²) in [5.41, 5.74) is 2.73. The molecule has 0 saturated carbocycles. The summed E-state index contributed by atoms with van der Waals surface area (Å²) >= 11 is 0. The molecular formula is C24H32FN3O3. The van der Waals surface area contributed by atoms with Crippen molar-refractivity contribution in [3.05, 3.63) is 59.4 Å². The fourth-order valence-corrected chi connectivity index (χ4v) is 3.29. The number of benzene rings is 2. The monoisotopic (exact) mass is 429 g/mol. The Morgan fingerprint density at radius 2 is 1.81 bits per heavy atom. The Kier molecular flexibility index (Phi) is 8.56. The van der Waals surface area contributed by atoms with Crippen LogP contribution in [0.25, 0.3) is 0 Å². The number of hydrogen-bond acceptors (Lipinski definition) is 4. The predicted octanol–water partition coefficient (Wildman–Crippen LogP) is 4.16. The lowest BCUT2D eigenvalue weighted by atomic mass is 10.0. The lowest BCUT2D eigenvalue weighted by molar-refractivity contribution is -0.119. The molecule has 0 spiro atoms. The Morgan fingerprint density at radius 3 is 2.39 bits per heavy atom. The van der Waals surface area contributed by atoms with Gasteiger partial charge < -0.3 is 19.9 Å². The van der Waals surface area contributed by atoms with Gasteiger partial charge in [-0.3, -0.25) is 9.59 Å². The Bertz CT molecular complexity index is 915. The molecule has 2 aromatic carbocycles. The van der Waals surface area contributed by atoms with E-state index < -0.39 is 5.82 Å². The van der Waals surface area contributed by atoms with Gasteiger partial charge in [0.25, 0.3) is 5.91 Å². The summed E-state index contributed by atoms with van der Waals surface area (Å²) in [7, 11) is 5.31. The van der Waals surface area contributed by atoms with Crippen LogP contribution in [0.3, 0.4) is 0 Å². The molecule has 2 rings (SSSR count). The first kappa shape index (κ1) is 24.3. The van der Waals surface area contributed by atoms with E-state index in [-0.39, 0.29) is 30.4 Å². The van der Waals surface area contributed by atoms with Crippen molar-refractivity contribution in [2.45, 2.75) is 33.4 Å². The molecule has 31 heavy (non-hydrogen) atoms. The average molecular weight is 430 g/mol. The minimum Gasteiger partial charge on any atom is -0.377 e. The molecule has 0 aromatic heterocycles. The van der Waals surface area contributed by atoms with E-state index in [0.717, 1.165) is 11.3 Å². The Balaban J connectivity index is 2.44. The molecule has 0 fully saturated rings. The van der Waals surface area contributed by atoms with E-state index in [0.29, 0.717) is 17.8 Å². The molecule has 7 heteroatoms. The van der Waals surface area contributed by atoms with Crippen LogP contribution < -0.4 is 10.2 Å². The number of amides is 2. The molecule has 6 nitrogen and oxygen atoms in total. The molecule has 1 unspecified atom stereocenters. The summed E-state index contributed by atoms with van der Waals surface area (Å²) in [6, 6.07) is 11.2. The summed E-state index contributed by atoms with van der Waals surface area (Å²) in [6.07, 6.45) is 0. The third kappa shape index (κ3) is 6.52. The largest absolute Gasteiger partial charge is 0.377 e. The van der Waals surface area contributed by atoms with Crippen LogP contribution in [-0.2, 0) is 16.1 Å². The second-order valence-electron chi connectivity index (χ2n) is 8.15. The third-order valence-electron chi connectivity index (χ3n) is 5.25. The second kappa shape index (κ2) is 10.9. The fraction of sp³-hybridized carbons (Fsp3) is 0.417. The molecule has 1 N–H and O–H groups in total. The minimum atomic E-state index is -0.445. The van der Waals surface area contributed by atoms with E-state index in [1.807, 2.05) is 58.0 Å². The SMILES string of the molecule is COCC(=O)Nc1ccc(N(C)C)c(CN(C(=O)c2cccc(F)c2)C(C)C(C)C)c1. The number of ether oxygens (including phenoxy) is 1. The molecule has 1 atom stereocenters. The minimum absolute atomic E-state index is 0.0423. The molecule has 2 aromatic rings. The molecule has 0 saturated heterocycles. The molecule has 0 radical (unpaired) electrons. The van der Waals surface area contributed by atoms with Gasteiger partial charge in [0.15, 0.2) is 0 Å². The van der Waals surface area contributed by atoms with Gasteiger partial charge in [-0.05, 0) is 54.8 Å². The van der Waals surface area contributed by atoms with Crippen molar-refractivity contribution in [3.63, 3.8) is 0 Å². The van der Waals surface area contributed by atoms with Gasteiger partial charge in [0.2, 0.25) is 5.91 Å². The Labute approximate surface area is 184 Å². The first-order valence-electron chi connectivity index (χ1n) is 10.3. The molecule has 2 amide bonds. The van der Waals surface area contributed by atoms with Crippen molar-refractivity contribution < 1.29 is 18.7 Å². The van der Waals surface area contributed by atoms with Crippen LogP contribution in [-0.4, -0.2) is 50.6 Å². The third-order valence-corrected chi connectivity index (χ3v) is 5.25. The summed E-state index contributed by atoms with van der Waals surface area (Å²) in [4.78, 5) is 29.0. The van der Waals surface area contributed by atoms with Crippen molar-refractivity contribution in [1.29, 1.82) is 0 Å².